The molecule has 1 amide bonds. The van der Waals surface area contributed by atoms with E-state index in [1.54, 1.807) is 42.3 Å². The van der Waals surface area contributed by atoms with Crippen LogP contribution in [-0.2, 0) is 29.0 Å². The lowest BCUT2D eigenvalue weighted by Gasteiger charge is -2.33. The Morgan fingerprint density at radius 3 is 2.43 bits per heavy atom. The van der Waals surface area contributed by atoms with Crippen molar-refractivity contribution in [2.45, 2.75) is 37.6 Å². The fraction of sp³-hybridized carbons (Fsp3) is 0.243. The van der Waals surface area contributed by atoms with Crippen molar-refractivity contribution < 1.29 is 28.6 Å². The van der Waals surface area contributed by atoms with Gasteiger partial charge in [0.05, 0.1) is 20.3 Å². The molecule has 2 aliphatic rings. The van der Waals surface area contributed by atoms with Crippen molar-refractivity contribution in [3.05, 3.63) is 129 Å². The number of methoxy groups -OCH3 is 1. The number of amides is 1. The van der Waals surface area contributed by atoms with Gasteiger partial charge in [0.15, 0.2) is 17.5 Å². The number of aliphatic imine (C=N–C) groups is 1. The molecule has 5 aromatic rings. The van der Waals surface area contributed by atoms with Gasteiger partial charge in [-0.2, -0.15) is 4.98 Å². The fourth-order valence-corrected chi connectivity index (χ4v) is 6.66. The van der Waals surface area contributed by atoms with Gasteiger partial charge in [-0.05, 0) is 71.8 Å². The minimum absolute atomic E-state index is 0.0458. The van der Waals surface area contributed by atoms with Gasteiger partial charge in [-0.1, -0.05) is 58.7 Å². The highest BCUT2D eigenvalue weighted by Gasteiger charge is 2.56. The van der Waals surface area contributed by atoms with Crippen LogP contribution in [0.1, 0.15) is 40.6 Å². The molecule has 2 aliphatic heterocycles. The first-order chi connectivity index (χ1) is 23.9. The Balaban J connectivity index is 1.29. The molecule has 0 radical (unpaired) electrons. The lowest BCUT2D eigenvalue weighted by Crippen LogP contribution is -2.49. The Hall–Kier alpha value is -4.90. The number of nitrogens with zero attached hydrogens (tertiary/aromatic N) is 4. The van der Waals surface area contributed by atoms with Crippen LogP contribution < -0.4 is 9.47 Å². The molecule has 1 N–H and O–H groups in total. The molecule has 0 aliphatic carbocycles. The number of aromatic nitrogens is 2. The molecule has 0 saturated heterocycles. The SMILES string of the molecule is COc1ccc(-c2nc(CN3Cc4ccccc4C[C@]4(N=C(c5ccc(OCCCO)cc5)O[C@@H]4c4ccc(Cl)cc4Cl)C3=O)no2)cc1. The van der Waals surface area contributed by atoms with E-state index in [2.05, 4.69) is 10.1 Å². The highest BCUT2D eigenvalue weighted by Crippen LogP contribution is 2.47. The number of carbonyl (C=O) groups excluding carboxylic acids is 1. The summed E-state index contributed by atoms with van der Waals surface area (Å²) in [5.41, 5.74) is 2.48. The maximum Gasteiger partial charge on any atom is 0.257 e. The molecule has 0 fully saturated rings. The maximum absolute atomic E-state index is 15.1. The molecule has 3 heterocycles. The molecule has 4 aromatic carbocycles. The minimum atomic E-state index is -1.43. The largest absolute Gasteiger partial charge is 0.497 e. The number of hydrogen-bond acceptors (Lipinski definition) is 9. The molecule has 12 heteroatoms. The zero-order chi connectivity index (χ0) is 34.0. The number of rotatable bonds is 10. The molecular weight excluding hydrogens is 667 g/mol. The van der Waals surface area contributed by atoms with Crippen molar-refractivity contribution in [3.8, 4) is 23.0 Å². The highest BCUT2D eigenvalue weighted by atomic mass is 35.5. The fourth-order valence-electron chi connectivity index (χ4n) is 6.15. The standard InChI is InChI=1S/C37H32Cl2N4O6/c1-46-28-12-7-23(8-13-28)34-40-32(42-49-34)22-43-21-26-6-3-2-5-25(26)20-37(36(43)45)33(30-16-11-27(38)19-31(30)39)48-35(41-37)24-9-14-29(15-10-24)47-18-4-17-44/h2-3,5-16,19,33,44H,4,17-18,20-22H2,1H3/t33-,37-/m1/s1. The monoisotopic (exact) mass is 698 g/mol. The summed E-state index contributed by atoms with van der Waals surface area (Å²) in [7, 11) is 1.60. The first-order valence-corrected chi connectivity index (χ1v) is 16.5. The average molecular weight is 700 g/mol. The first kappa shape index (κ1) is 32.6. The summed E-state index contributed by atoms with van der Waals surface area (Å²) in [5.74, 6) is 2.05. The smallest absolute Gasteiger partial charge is 0.257 e. The van der Waals surface area contributed by atoms with E-state index in [0.29, 0.717) is 69.9 Å². The van der Waals surface area contributed by atoms with Gasteiger partial charge in [-0.3, -0.25) is 4.79 Å². The number of fused-ring (bicyclic) bond motifs is 1. The third-order valence-corrected chi connectivity index (χ3v) is 9.18. The van der Waals surface area contributed by atoms with E-state index in [4.69, 9.17) is 52.0 Å². The summed E-state index contributed by atoms with van der Waals surface area (Å²) >= 11 is 13.1. The van der Waals surface area contributed by atoms with Crippen molar-refractivity contribution in [1.29, 1.82) is 0 Å². The molecule has 0 unspecified atom stereocenters. The quantitative estimate of drug-likeness (QED) is 0.157. The molecular formula is C37H32Cl2N4O6. The third kappa shape index (κ3) is 6.59. The highest BCUT2D eigenvalue weighted by molar-refractivity contribution is 6.35. The van der Waals surface area contributed by atoms with Gasteiger partial charge in [-0.25, -0.2) is 4.99 Å². The van der Waals surface area contributed by atoms with E-state index >= 15 is 4.79 Å². The van der Waals surface area contributed by atoms with Crippen LogP contribution in [0, 0.1) is 0 Å². The van der Waals surface area contributed by atoms with Crippen molar-refractivity contribution in [1.82, 2.24) is 15.0 Å². The summed E-state index contributed by atoms with van der Waals surface area (Å²) in [4.78, 5) is 26.5. The Bertz CT molecular complexity index is 2000. The molecule has 1 aromatic heterocycles. The summed E-state index contributed by atoms with van der Waals surface area (Å²) in [6, 6.07) is 27.6. The molecule has 0 bridgehead atoms. The third-order valence-electron chi connectivity index (χ3n) is 8.62. The average Bonchev–Trinajstić information content (AvgIpc) is 3.72. The topological polar surface area (TPSA) is 120 Å². The predicted octanol–water partition coefficient (Wildman–Crippen LogP) is 6.86. The minimum Gasteiger partial charge on any atom is -0.497 e. The molecule has 1 spiro atoms. The second-order valence-corrected chi connectivity index (χ2v) is 12.6. The van der Waals surface area contributed by atoms with Crippen LogP contribution in [0.3, 0.4) is 0 Å². The molecule has 7 rings (SSSR count). The van der Waals surface area contributed by atoms with Crippen LogP contribution in [0.5, 0.6) is 11.5 Å². The summed E-state index contributed by atoms with van der Waals surface area (Å²) < 4.78 is 23.2. The van der Waals surface area contributed by atoms with E-state index in [1.807, 2.05) is 60.7 Å². The van der Waals surface area contributed by atoms with Gasteiger partial charge < -0.3 is 28.7 Å². The van der Waals surface area contributed by atoms with Crippen LogP contribution in [-0.4, -0.2) is 57.8 Å². The number of halogens is 2. The molecule has 250 valence electrons. The molecule has 2 atom stereocenters. The number of aliphatic hydroxyl groups is 1. The van der Waals surface area contributed by atoms with E-state index < -0.39 is 11.6 Å². The Kier molecular flexibility index (Phi) is 9.27. The number of hydrogen-bond donors (Lipinski definition) is 1. The first-order valence-electron chi connectivity index (χ1n) is 15.8. The van der Waals surface area contributed by atoms with Crippen LogP contribution in [0.15, 0.2) is 101 Å². The van der Waals surface area contributed by atoms with Crippen molar-refractivity contribution in [2.75, 3.05) is 20.3 Å². The Labute approximate surface area is 292 Å². The summed E-state index contributed by atoms with van der Waals surface area (Å²) in [5, 5.41) is 14.1. The molecule has 49 heavy (non-hydrogen) atoms. The lowest BCUT2D eigenvalue weighted by atomic mass is 9.82. The molecule has 0 saturated carbocycles. The van der Waals surface area contributed by atoms with Crippen LogP contribution in [0.2, 0.25) is 10.0 Å². The molecule has 10 nitrogen and oxygen atoms in total. The van der Waals surface area contributed by atoms with Crippen LogP contribution in [0.25, 0.3) is 11.5 Å². The zero-order valence-electron chi connectivity index (χ0n) is 26.5. The van der Waals surface area contributed by atoms with Gasteiger partial charge in [0.25, 0.3) is 11.8 Å². The predicted molar refractivity (Wildman–Crippen MR) is 184 cm³/mol. The van der Waals surface area contributed by atoms with Gasteiger partial charge in [-0.15, -0.1) is 0 Å². The number of benzene rings is 4. The Morgan fingerprint density at radius 2 is 1.69 bits per heavy atom. The van der Waals surface area contributed by atoms with E-state index in [0.717, 1.165) is 16.7 Å². The van der Waals surface area contributed by atoms with E-state index in [-0.39, 0.29) is 25.5 Å². The van der Waals surface area contributed by atoms with Gasteiger partial charge in [0.2, 0.25) is 5.90 Å². The van der Waals surface area contributed by atoms with Gasteiger partial charge >= 0.3 is 0 Å². The lowest BCUT2D eigenvalue weighted by molar-refractivity contribution is -0.140. The number of ether oxygens (including phenoxy) is 3. The van der Waals surface area contributed by atoms with Crippen LogP contribution in [0.4, 0.5) is 0 Å². The van der Waals surface area contributed by atoms with E-state index in [1.165, 1.54) is 0 Å². The van der Waals surface area contributed by atoms with E-state index in [9.17, 15) is 0 Å². The second-order valence-electron chi connectivity index (χ2n) is 11.8. The zero-order valence-corrected chi connectivity index (χ0v) is 28.0. The van der Waals surface area contributed by atoms with Gasteiger partial charge in [0.1, 0.15) is 11.5 Å². The number of carbonyl (C=O) groups is 1. The van der Waals surface area contributed by atoms with Gasteiger partial charge in [0, 0.05) is 52.7 Å². The maximum atomic E-state index is 15.1. The summed E-state index contributed by atoms with van der Waals surface area (Å²) in [6.45, 7) is 0.804. The summed E-state index contributed by atoms with van der Waals surface area (Å²) in [6.07, 6.45) is -0.0951. The Morgan fingerprint density at radius 1 is 0.959 bits per heavy atom. The van der Waals surface area contributed by atoms with Crippen molar-refractivity contribution in [3.63, 3.8) is 0 Å². The number of aliphatic hydroxyl groups excluding tert-OH is 1. The van der Waals surface area contributed by atoms with Crippen molar-refractivity contribution >= 4 is 35.0 Å². The van der Waals surface area contributed by atoms with Crippen LogP contribution >= 0.6 is 23.2 Å². The second kappa shape index (κ2) is 13.9. The normalized spacial score (nSPS) is 18.5. The van der Waals surface area contributed by atoms with Crippen molar-refractivity contribution in [2.24, 2.45) is 4.99 Å².